The number of thioether (sulfide) groups is 1. The van der Waals surface area contributed by atoms with Gasteiger partial charge in [-0.3, -0.25) is 9.69 Å². The number of para-hydroxylation sites is 1. The average molecular weight is 371 g/mol. The third-order valence-electron chi connectivity index (χ3n) is 4.82. The van der Waals surface area contributed by atoms with E-state index in [1.54, 1.807) is 7.11 Å². The molecule has 1 fully saturated rings. The van der Waals surface area contributed by atoms with Crippen molar-refractivity contribution >= 4 is 17.7 Å². The van der Waals surface area contributed by atoms with Crippen molar-refractivity contribution in [1.29, 1.82) is 0 Å². The minimum atomic E-state index is 0.126. The Morgan fingerprint density at radius 2 is 1.73 bits per heavy atom. The highest BCUT2D eigenvalue weighted by Gasteiger charge is 2.21. The second kappa shape index (κ2) is 9.10. The van der Waals surface area contributed by atoms with Crippen molar-refractivity contribution in [2.75, 3.05) is 51.8 Å². The standard InChI is InChI=1S/C21H26N2O2S/c1-25-20-6-4-3-5-19(20)17-7-9-18(10-8-17)21(24)23-13-11-22(12-14-23)15-16-26-2/h3-10H,11-16H2,1-2H3. The summed E-state index contributed by atoms with van der Waals surface area (Å²) in [5.74, 6) is 2.12. The summed E-state index contributed by atoms with van der Waals surface area (Å²) in [7, 11) is 1.68. The molecule has 0 N–H and O–H groups in total. The first kappa shape index (κ1) is 18.8. The van der Waals surface area contributed by atoms with Gasteiger partial charge in [0.2, 0.25) is 0 Å². The summed E-state index contributed by atoms with van der Waals surface area (Å²) in [6.45, 7) is 4.65. The van der Waals surface area contributed by atoms with E-state index in [2.05, 4.69) is 11.2 Å². The molecule has 0 radical (unpaired) electrons. The third kappa shape index (κ3) is 4.40. The first-order valence-electron chi connectivity index (χ1n) is 8.97. The van der Waals surface area contributed by atoms with Gasteiger partial charge < -0.3 is 9.64 Å². The second-order valence-electron chi connectivity index (χ2n) is 6.40. The highest BCUT2D eigenvalue weighted by atomic mass is 32.2. The summed E-state index contributed by atoms with van der Waals surface area (Å²) >= 11 is 1.87. The Morgan fingerprint density at radius 1 is 1.04 bits per heavy atom. The van der Waals surface area contributed by atoms with Crippen LogP contribution in [0.5, 0.6) is 5.75 Å². The van der Waals surface area contributed by atoms with E-state index < -0.39 is 0 Å². The number of ether oxygens (including phenoxy) is 1. The SMILES string of the molecule is COc1ccccc1-c1ccc(C(=O)N2CCN(CCSC)CC2)cc1. The maximum Gasteiger partial charge on any atom is 0.253 e. The minimum absolute atomic E-state index is 0.126. The zero-order valence-corrected chi connectivity index (χ0v) is 16.3. The van der Waals surface area contributed by atoms with E-state index in [-0.39, 0.29) is 5.91 Å². The molecule has 1 aliphatic rings. The van der Waals surface area contributed by atoms with Crippen molar-refractivity contribution in [3.8, 4) is 16.9 Å². The van der Waals surface area contributed by atoms with Crippen molar-refractivity contribution < 1.29 is 9.53 Å². The summed E-state index contributed by atoms with van der Waals surface area (Å²) in [5, 5.41) is 0. The van der Waals surface area contributed by atoms with Crippen molar-refractivity contribution in [2.45, 2.75) is 0 Å². The molecule has 0 aromatic heterocycles. The molecule has 1 saturated heterocycles. The fraction of sp³-hybridized carbons (Fsp3) is 0.381. The zero-order valence-electron chi connectivity index (χ0n) is 15.5. The van der Waals surface area contributed by atoms with Crippen LogP contribution in [0.1, 0.15) is 10.4 Å². The van der Waals surface area contributed by atoms with Crippen LogP contribution < -0.4 is 4.74 Å². The van der Waals surface area contributed by atoms with Crippen LogP contribution in [0.15, 0.2) is 48.5 Å². The predicted molar refractivity (Wildman–Crippen MR) is 109 cm³/mol. The highest BCUT2D eigenvalue weighted by molar-refractivity contribution is 7.98. The molecule has 3 rings (SSSR count). The monoisotopic (exact) mass is 370 g/mol. The molecule has 2 aromatic carbocycles. The van der Waals surface area contributed by atoms with Gasteiger partial charge in [0.15, 0.2) is 0 Å². The van der Waals surface area contributed by atoms with Gasteiger partial charge in [-0.15, -0.1) is 0 Å². The number of benzene rings is 2. The molecule has 0 saturated carbocycles. The fourth-order valence-corrected chi connectivity index (χ4v) is 3.69. The smallest absolute Gasteiger partial charge is 0.253 e. The first-order valence-corrected chi connectivity index (χ1v) is 10.4. The molecule has 2 aromatic rings. The molecule has 0 spiro atoms. The van der Waals surface area contributed by atoms with Gasteiger partial charge in [-0.25, -0.2) is 0 Å². The molecular formula is C21H26N2O2S. The Labute approximate surface area is 160 Å². The van der Waals surface area contributed by atoms with Gasteiger partial charge >= 0.3 is 0 Å². The molecule has 0 unspecified atom stereocenters. The van der Waals surface area contributed by atoms with E-state index in [1.807, 2.05) is 65.2 Å². The Hall–Kier alpha value is -1.98. The molecule has 0 atom stereocenters. The van der Waals surface area contributed by atoms with Crippen LogP contribution in [0.25, 0.3) is 11.1 Å². The Kier molecular flexibility index (Phi) is 6.58. The number of carbonyl (C=O) groups excluding carboxylic acids is 1. The summed E-state index contributed by atoms with van der Waals surface area (Å²) in [5.41, 5.74) is 2.85. The molecule has 26 heavy (non-hydrogen) atoms. The Balaban J connectivity index is 1.64. The number of rotatable bonds is 6. The summed E-state index contributed by atoms with van der Waals surface area (Å²) < 4.78 is 5.43. The van der Waals surface area contributed by atoms with Gasteiger partial charge in [0.05, 0.1) is 7.11 Å². The molecule has 1 amide bonds. The number of carbonyl (C=O) groups is 1. The lowest BCUT2D eigenvalue weighted by atomic mass is 10.0. The molecular weight excluding hydrogens is 344 g/mol. The van der Waals surface area contributed by atoms with Crippen LogP contribution >= 0.6 is 11.8 Å². The van der Waals surface area contributed by atoms with E-state index in [4.69, 9.17) is 4.74 Å². The van der Waals surface area contributed by atoms with Gasteiger partial charge in [-0.2, -0.15) is 11.8 Å². The summed E-state index contributed by atoms with van der Waals surface area (Å²) in [6.07, 6.45) is 2.13. The van der Waals surface area contributed by atoms with Crippen LogP contribution in [-0.2, 0) is 0 Å². The van der Waals surface area contributed by atoms with Crippen molar-refractivity contribution in [2.24, 2.45) is 0 Å². The van der Waals surface area contributed by atoms with Gasteiger partial charge in [0.25, 0.3) is 5.91 Å². The lowest BCUT2D eigenvalue weighted by molar-refractivity contribution is 0.0644. The molecule has 1 aliphatic heterocycles. The maximum atomic E-state index is 12.8. The first-order chi connectivity index (χ1) is 12.7. The number of nitrogens with zero attached hydrogens (tertiary/aromatic N) is 2. The molecule has 0 bridgehead atoms. The highest BCUT2D eigenvalue weighted by Crippen LogP contribution is 2.29. The Bertz CT molecular complexity index is 725. The van der Waals surface area contributed by atoms with Crippen molar-refractivity contribution in [3.63, 3.8) is 0 Å². The van der Waals surface area contributed by atoms with Gasteiger partial charge in [0, 0.05) is 49.6 Å². The number of amides is 1. The number of piperazine rings is 1. The Morgan fingerprint density at radius 3 is 2.38 bits per heavy atom. The number of methoxy groups -OCH3 is 1. The van der Waals surface area contributed by atoms with Crippen LogP contribution in [0.4, 0.5) is 0 Å². The fourth-order valence-electron chi connectivity index (χ4n) is 3.25. The van der Waals surface area contributed by atoms with E-state index in [0.717, 1.165) is 60.9 Å². The lowest BCUT2D eigenvalue weighted by Crippen LogP contribution is -2.49. The summed E-state index contributed by atoms with van der Waals surface area (Å²) in [6, 6.07) is 15.8. The van der Waals surface area contributed by atoms with Crippen LogP contribution in [0.2, 0.25) is 0 Å². The van der Waals surface area contributed by atoms with Crippen LogP contribution in [-0.4, -0.2) is 67.5 Å². The lowest BCUT2D eigenvalue weighted by Gasteiger charge is -2.34. The third-order valence-corrected chi connectivity index (χ3v) is 5.41. The second-order valence-corrected chi connectivity index (χ2v) is 7.39. The molecule has 4 nitrogen and oxygen atoms in total. The minimum Gasteiger partial charge on any atom is -0.496 e. The van der Waals surface area contributed by atoms with Gasteiger partial charge in [-0.05, 0) is 30.0 Å². The normalized spacial score (nSPS) is 15.1. The maximum absolute atomic E-state index is 12.8. The summed E-state index contributed by atoms with van der Waals surface area (Å²) in [4.78, 5) is 17.2. The quantitative estimate of drug-likeness (QED) is 0.779. The van der Waals surface area contributed by atoms with E-state index in [0.29, 0.717) is 0 Å². The topological polar surface area (TPSA) is 32.8 Å². The molecule has 0 aliphatic carbocycles. The average Bonchev–Trinajstić information content (AvgIpc) is 2.72. The molecule has 5 heteroatoms. The van der Waals surface area contributed by atoms with E-state index in [1.165, 1.54) is 0 Å². The number of hydrogen-bond acceptors (Lipinski definition) is 4. The zero-order chi connectivity index (χ0) is 18.4. The van der Waals surface area contributed by atoms with Crippen molar-refractivity contribution in [1.82, 2.24) is 9.80 Å². The molecule has 138 valence electrons. The van der Waals surface area contributed by atoms with E-state index in [9.17, 15) is 4.79 Å². The van der Waals surface area contributed by atoms with Gasteiger partial charge in [-0.1, -0.05) is 30.3 Å². The predicted octanol–water partition coefficient (Wildman–Crippen LogP) is 3.48. The van der Waals surface area contributed by atoms with Crippen molar-refractivity contribution in [3.05, 3.63) is 54.1 Å². The molecule has 1 heterocycles. The largest absolute Gasteiger partial charge is 0.496 e. The van der Waals surface area contributed by atoms with Gasteiger partial charge in [0.1, 0.15) is 5.75 Å². The van der Waals surface area contributed by atoms with Crippen LogP contribution in [0, 0.1) is 0 Å². The van der Waals surface area contributed by atoms with Crippen LogP contribution in [0.3, 0.4) is 0 Å². The van der Waals surface area contributed by atoms with E-state index >= 15 is 0 Å². The number of hydrogen-bond donors (Lipinski definition) is 0.